The van der Waals surface area contributed by atoms with E-state index in [1.165, 1.54) is 27.8 Å². The highest BCUT2D eigenvalue weighted by Crippen LogP contribution is 2.26. The zero-order valence-corrected chi connectivity index (χ0v) is 26.2. The molecular formula is C44H39N. The highest BCUT2D eigenvalue weighted by atomic mass is 14.8. The molecule has 5 rings (SSSR count). The van der Waals surface area contributed by atoms with Crippen molar-refractivity contribution in [1.82, 2.24) is 0 Å². The molecule has 0 heterocycles. The van der Waals surface area contributed by atoms with E-state index in [1.54, 1.807) is 0 Å². The Balaban J connectivity index is 1.44. The third-order valence-corrected chi connectivity index (χ3v) is 7.80. The average molecular weight is 582 g/mol. The van der Waals surface area contributed by atoms with Crippen LogP contribution in [0, 0.1) is 0 Å². The molecule has 0 unspecified atom stereocenters. The van der Waals surface area contributed by atoms with E-state index in [2.05, 4.69) is 160 Å². The predicted octanol–water partition coefficient (Wildman–Crippen LogP) is 11.9. The van der Waals surface area contributed by atoms with Gasteiger partial charge in [0.25, 0.3) is 0 Å². The fraction of sp³-hybridized carbons (Fsp3) is 0.0682. The Bertz CT molecular complexity index is 1850. The number of rotatable bonds is 11. The number of nitrogens with zero attached hydrogens (tertiary/aromatic N) is 1. The molecule has 220 valence electrons. The van der Waals surface area contributed by atoms with Gasteiger partial charge in [0.1, 0.15) is 0 Å². The number of allylic oxidation sites excluding steroid dienone is 6. The van der Waals surface area contributed by atoms with E-state index in [0.717, 1.165) is 45.7 Å². The maximum atomic E-state index is 5.10. The minimum absolute atomic E-state index is 0.732. The second-order valence-electron chi connectivity index (χ2n) is 11.0. The van der Waals surface area contributed by atoms with Gasteiger partial charge in [0, 0.05) is 5.56 Å². The predicted molar refractivity (Wildman–Crippen MR) is 197 cm³/mol. The molecule has 1 nitrogen and oxygen atoms in total. The van der Waals surface area contributed by atoms with Gasteiger partial charge in [0.05, 0.1) is 11.4 Å². The summed E-state index contributed by atoms with van der Waals surface area (Å²) in [5.74, 6) is 0. The van der Waals surface area contributed by atoms with Crippen molar-refractivity contribution in [3.05, 3.63) is 199 Å². The summed E-state index contributed by atoms with van der Waals surface area (Å²) in [5, 5.41) is 0. The lowest BCUT2D eigenvalue weighted by molar-refractivity contribution is 1.26. The topological polar surface area (TPSA) is 12.4 Å². The maximum Gasteiger partial charge on any atom is 0.0712 e. The van der Waals surface area contributed by atoms with Crippen molar-refractivity contribution in [1.29, 1.82) is 0 Å². The van der Waals surface area contributed by atoms with Gasteiger partial charge in [-0.2, -0.15) is 0 Å². The Hall–Kier alpha value is -5.53. The van der Waals surface area contributed by atoms with Crippen molar-refractivity contribution in [2.24, 2.45) is 4.99 Å². The van der Waals surface area contributed by atoms with Crippen molar-refractivity contribution in [2.45, 2.75) is 20.3 Å². The molecule has 0 radical (unpaired) electrons. The van der Waals surface area contributed by atoms with Crippen LogP contribution in [0.3, 0.4) is 0 Å². The van der Waals surface area contributed by atoms with Gasteiger partial charge < -0.3 is 0 Å². The molecule has 0 bridgehead atoms. The summed E-state index contributed by atoms with van der Waals surface area (Å²) in [4.78, 5) is 5.10. The van der Waals surface area contributed by atoms with Crippen LogP contribution in [0.5, 0.6) is 0 Å². The van der Waals surface area contributed by atoms with E-state index >= 15 is 0 Å². The summed E-state index contributed by atoms with van der Waals surface area (Å²) in [6, 6.07) is 44.7. The van der Waals surface area contributed by atoms with E-state index in [4.69, 9.17) is 4.99 Å². The van der Waals surface area contributed by atoms with Crippen LogP contribution in [-0.4, -0.2) is 5.71 Å². The zero-order valence-electron chi connectivity index (χ0n) is 26.2. The minimum Gasteiger partial charge on any atom is -0.248 e. The molecule has 0 aromatic heterocycles. The van der Waals surface area contributed by atoms with Crippen LogP contribution in [0.4, 0.5) is 0 Å². The first-order valence-corrected chi connectivity index (χ1v) is 15.4. The number of hydrogen-bond donors (Lipinski definition) is 0. The number of benzene rings is 5. The summed E-state index contributed by atoms with van der Waals surface area (Å²) in [7, 11) is 0. The summed E-state index contributed by atoms with van der Waals surface area (Å²) in [6.45, 7) is 12.4. The largest absolute Gasteiger partial charge is 0.248 e. The molecule has 0 aliphatic heterocycles. The van der Waals surface area contributed by atoms with Gasteiger partial charge in [-0.1, -0.05) is 171 Å². The molecule has 0 N–H and O–H groups in total. The third kappa shape index (κ3) is 8.31. The summed E-state index contributed by atoms with van der Waals surface area (Å²) < 4.78 is 0. The Labute approximate surface area is 268 Å². The Morgan fingerprint density at radius 2 is 1.16 bits per heavy atom. The molecule has 0 aliphatic carbocycles. The summed E-state index contributed by atoms with van der Waals surface area (Å²) >= 11 is 0. The zero-order chi connectivity index (χ0) is 31.4. The second-order valence-corrected chi connectivity index (χ2v) is 11.0. The first kappa shape index (κ1) is 30.9. The monoisotopic (exact) mass is 581 g/mol. The maximum absolute atomic E-state index is 5.10. The van der Waals surface area contributed by atoms with Crippen LogP contribution in [-0.2, 0) is 6.42 Å². The third-order valence-electron chi connectivity index (χ3n) is 7.80. The van der Waals surface area contributed by atoms with Gasteiger partial charge in [-0.3, -0.25) is 0 Å². The average Bonchev–Trinajstić information content (AvgIpc) is 3.10. The Morgan fingerprint density at radius 1 is 0.622 bits per heavy atom. The van der Waals surface area contributed by atoms with Crippen molar-refractivity contribution in [3.8, 4) is 22.3 Å². The first-order chi connectivity index (χ1) is 22.0. The van der Waals surface area contributed by atoms with Crippen LogP contribution >= 0.6 is 0 Å². The molecule has 1 heteroatoms. The SMILES string of the molecule is C=Cc1ccc(-c2ccc(/C(C)=C/C(=NC(=C)c3ccc(C/C=C\C=C/C)cc3)c3ccc(-c4ccccc4)cc3)cc2)cc1. The molecule has 0 fully saturated rings. The Kier molecular flexibility index (Phi) is 10.5. The number of hydrogen-bond acceptors (Lipinski definition) is 1. The quantitative estimate of drug-likeness (QED) is 0.109. The lowest BCUT2D eigenvalue weighted by Crippen LogP contribution is -1.99. The van der Waals surface area contributed by atoms with E-state index < -0.39 is 0 Å². The second kappa shape index (κ2) is 15.3. The van der Waals surface area contributed by atoms with Gasteiger partial charge >= 0.3 is 0 Å². The van der Waals surface area contributed by atoms with Gasteiger partial charge in [0.2, 0.25) is 0 Å². The van der Waals surface area contributed by atoms with Crippen LogP contribution in [0.1, 0.15) is 41.7 Å². The first-order valence-electron chi connectivity index (χ1n) is 15.4. The highest BCUT2D eigenvalue weighted by Gasteiger charge is 2.08. The van der Waals surface area contributed by atoms with Gasteiger partial charge in [-0.05, 0) is 76.4 Å². The van der Waals surface area contributed by atoms with Crippen LogP contribution in [0.25, 0.3) is 39.6 Å². The highest BCUT2D eigenvalue weighted by molar-refractivity contribution is 6.14. The van der Waals surface area contributed by atoms with Crippen molar-refractivity contribution < 1.29 is 0 Å². The summed E-state index contributed by atoms with van der Waals surface area (Å²) in [5.41, 5.74) is 13.0. The molecule has 0 aliphatic rings. The molecule has 0 saturated carbocycles. The van der Waals surface area contributed by atoms with Crippen LogP contribution in [0.2, 0.25) is 0 Å². The van der Waals surface area contributed by atoms with Gasteiger partial charge in [0.15, 0.2) is 0 Å². The molecule has 0 amide bonds. The molecule has 5 aromatic rings. The summed E-state index contributed by atoms with van der Waals surface area (Å²) in [6.07, 6.45) is 13.2. The molecule has 0 spiro atoms. The molecule has 45 heavy (non-hydrogen) atoms. The van der Waals surface area contributed by atoms with Crippen molar-refractivity contribution in [2.75, 3.05) is 0 Å². The lowest BCUT2D eigenvalue weighted by Gasteiger charge is -2.10. The molecular weight excluding hydrogens is 542 g/mol. The molecule has 5 aromatic carbocycles. The van der Waals surface area contributed by atoms with E-state index in [9.17, 15) is 0 Å². The smallest absolute Gasteiger partial charge is 0.0712 e. The molecule has 0 atom stereocenters. The van der Waals surface area contributed by atoms with E-state index in [1.807, 2.05) is 31.2 Å². The van der Waals surface area contributed by atoms with Gasteiger partial charge in [-0.25, -0.2) is 4.99 Å². The van der Waals surface area contributed by atoms with Crippen LogP contribution < -0.4 is 0 Å². The van der Waals surface area contributed by atoms with Crippen molar-refractivity contribution in [3.63, 3.8) is 0 Å². The van der Waals surface area contributed by atoms with Gasteiger partial charge in [-0.15, -0.1) is 0 Å². The van der Waals surface area contributed by atoms with E-state index in [0.29, 0.717) is 0 Å². The fourth-order valence-corrected chi connectivity index (χ4v) is 5.11. The van der Waals surface area contributed by atoms with E-state index in [-0.39, 0.29) is 0 Å². The minimum atomic E-state index is 0.732. The van der Waals surface area contributed by atoms with Crippen molar-refractivity contribution >= 4 is 23.1 Å². The fourth-order valence-electron chi connectivity index (χ4n) is 5.11. The normalized spacial score (nSPS) is 12.1. The molecule has 0 saturated heterocycles. The standard InChI is InChI=1S/C44H39N/c1-5-7-8-10-13-36-18-20-38(21-19-36)34(4)45-44(43-30-28-41(29-31-43)39-14-11-9-12-15-39)32-33(3)37-24-26-42(27-25-37)40-22-16-35(6-2)17-23-40/h5-12,14-32H,2,4,13H2,1,3H3/b7-5-,10-8-,33-32+,45-44?. The van der Waals surface area contributed by atoms with Crippen LogP contribution in [0.15, 0.2) is 176 Å². The lowest BCUT2D eigenvalue weighted by atomic mass is 9.97. The number of aliphatic imine (C=N–C) groups is 1. The Morgan fingerprint density at radius 3 is 1.73 bits per heavy atom.